The second-order valence-electron chi connectivity index (χ2n) is 8.00. The lowest BCUT2D eigenvalue weighted by Gasteiger charge is -2.14. The van der Waals surface area contributed by atoms with Crippen molar-refractivity contribution in [2.45, 2.75) is 20.0 Å². The van der Waals surface area contributed by atoms with Crippen molar-refractivity contribution in [3.05, 3.63) is 103 Å². The number of aryl methyl sites for hydroxylation is 1. The third-order valence-corrected chi connectivity index (χ3v) is 6.70. The number of pyridine rings is 3. The number of H-pyrrole nitrogens is 1. The molecule has 1 N–H and O–H groups in total. The maximum atomic E-state index is 14.8. The topological polar surface area (TPSA) is 105 Å². The fraction of sp³-hybridized carbons (Fsp3) is 0.115. The van der Waals surface area contributed by atoms with Crippen LogP contribution < -0.4 is 10.3 Å². The predicted octanol–water partition coefficient (Wildman–Crippen LogP) is 5.58. The molecule has 10 heteroatoms. The number of para-hydroxylation sites is 1. The van der Waals surface area contributed by atoms with Crippen LogP contribution >= 0.6 is 22.9 Å². The summed E-state index contributed by atoms with van der Waals surface area (Å²) in [7, 11) is 0. The lowest BCUT2D eigenvalue weighted by atomic mass is 10.0. The molecular weight excluding hydrogens is 501 g/mol. The molecule has 0 aliphatic rings. The van der Waals surface area contributed by atoms with E-state index < -0.39 is 11.4 Å². The van der Waals surface area contributed by atoms with Crippen LogP contribution in [-0.2, 0) is 13.0 Å². The Bertz CT molecular complexity index is 1710. The molecule has 0 saturated carbocycles. The molecule has 0 atom stereocenters. The van der Waals surface area contributed by atoms with Crippen LogP contribution in [0.5, 0.6) is 5.75 Å². The number of nitrogens with zero attached hydrogens (tertiary/aromatic N) is 4. The quantitative estimate of drug-likeness (QED) is 0.315. The Morgan fingerprint density at radius 3 is 2.86 bits per heavy atom. The molecule has 0 aliphatic heterocycles. The summed E-state index contributed by atoms with van der Waals surface area (Å²) in [5.41, 5.74) is 5.48. The minimum absolute atomic E-state index is 0.0109. The molecule has 5 rings (SSSR count). The van der Waals surface area contributed by atoms with Crippen LogP contribution in [0.4, 0.5) is 4.39 Å². The highest BCUT2D eigenvalue weighted by atomic mass is 35.5. The van der Waals surface area contributed by atoms with E-state index in [1.807, 2.05) is 31.2 Å². The lowest BCUT2D eigenvalue weighted by Crippen LogP contribution is -2.13. The summed E-state index contributed by atoms with van der Waals surface area (Å²) in [6.07, 6.45) is 2.87. The minimum atomic E-state index is -0.525. The summed E-state index contributed by atoms with van der Waals surface area (Å²) in [4.78, 5) is 27.7. The van der Waals surface area contributed by atoms with Crippen LogP contribution in [0.3, 0.4) is 0 Å². The van der Waals surface area contributed by atoms with Crippen molar-refractivity contribution in [2.75, 3.05) is 0 Å². The number of aromatic nitrogens is 4. The third kappa shape index (κ3) is 4.56. The number of aromatic amines is 1. The predicted molar refractivity (Wildman–Crippen MR) is 136 cm³/mol. The normalized spacial score (nSPS) is 10.9. The maximum Gasteiger partial charge on any atom is 0.266 e. The zero-order chi connectivity index (χ0) is 25.2. The van der Waals surface area contributed by atoms with E-state index in [1.165, 1.54) is 23.6 Å². The molecule has 0 spiro atoms. The molecule has 0 radical (unpaired) electrons. The number of halogens is 2. The number of thiazole rings is 1. The van der Waals surface area contributed by atoms with Gasteiger partial charge in [0.2, 0.25) is 0 Å². The van der Waals surface area contributed by atoms with E-state index in [0.717, 1.165) is 22.8 Å². The summed E-state index contributed by atoms with van der Waals surface area (Å²) in [6, 6.07) is 12.3. The largest absolute Gasteiger partial charge is 0.486 e. The molecule has 7 nitrogen and oxygen atoms in total. The van der Waals surface area contributed by atoms with Crippen molar-refractivity contribution < 1.29 is 9.13 Å². The molecule has 0 fully saturated rings. The van der Waals surface area contributed by atoms with E-state index in [-0.39, 0.29) is 18.6 Å². The molecule has 0 saturated heterocycles. The molecule has 178 valence electrons. The van der Waals surface area contributed by atoms with Crippen molar-refractivity contribution in [3.8, 4) is 23.1 Å². The van der Waals surface area contributed by atoms with E-state index in [1.54, 1.807) is 17.6 Å². The van der Waals surface area contributed by atoms with Crippen molar-refractivity contribution in [1.29, 1.82) is 5.26 Å². The summed E-state index contributed by atoms with van der Waals surface area (Å²) < 4.78 is 21.5. The van der Waals surface area contributed by atoms with Gasteiger partial charge in [0.1, 0.15) is 45.4 Å². The van der Waals surface area contributed by atoms with Crippen molar-refractivity contribution in [2.24, 2.45) is 0 Å². The molecular formula is C26H17ClFN5O2S. The summed E-state index contributed by atoms with van der Waals surface area (Å²) in [5, 5.41) is 9.79. The van der Waals surface area contributed by atoms with Gasteiger partial charge in [0.05, 0.1) is 11.7 Å². The van der Waals surface area contributed by atoms with E-state index >= 15 is 0 Å². The van der Waals surface area contributed by atoms with Crippen LogP contribution in [0.2, 0.25) is 4.34 Å². The highest BCUT2D eigenvalue weighted by Crippen LogP contribution is 2.37. The number of fused-ring (bicyclic) bond motifs is 1. The molecule has 0 aliphatic carbocycles. The van der Waals surface area contributed by atoms with Gasteiger partial charge >= 0.3 is 0 Å². The van der Waals surface area contributed by atoms with E-state index in [0.29, 0.717) is 38.1 Å². The number of benzene rings is 1. The Kier molecular flexibility index (Phi) is 6.46. The van der Waals surface area contributed by atoms with E-state index in [4.69, 9.17) is 21.6 Å². The fourth-order valence-corrected chi connectivity index (χ4v) is 4.74. The number of nitrogens with one attached hydrogen (secondary N) is 1. The van der Waals surface area contributed by atoms with Crippen molar-refractivity contribution in [3.63, 3.8) is 0 Å². The molecule has 0 unspecified atom stereocenters. The molecule has 0 amide bonds. The first-order valence-electron chi connectivity index (χ1n) is 10.8. The number of ether oxygens (including phenoxy) is 1. The van der Waals surface area contributed by atoms with Gasteiger partial charge in [-0.15, -0.1) is 11.3 Å². The Morgan fingerprint density at radius 1 is 1.25 bits per heavy atom. The van der Waals surface area contributed by atoms with Gasteiger partial charge in [-0.3, -0.25) is 9.78 Å². The van der Waals surface area contributed by atoms with Crippen LogP contribution in [0.1, 0.15) is 28.1 Å². The first-order valence-corrected chi connectivity index (χ1v) is 12.1. The molecule has 36 heavy (non-hydrogen) atoms. The van der Waals surface area contributed by atoms with Gasteiger partial charge in [-0.1, -0.05) is 23.7 Å². The standard InChI is InChI=1S/C26H17ClFN5O2S/c1-14-7-19(24-25(27)36-13-31-24)18-3-2-4-22(23(18)32-14)35-12-20-16(10-30-11-21(20)28)8-17-6-5-15(9-29)26(34)33-17/h2-7,10-11,13H,8,12H2,1H3,(H,33,34). The molecule has 5 aromatic rings. The number of hydrogen-bond donors (Lipinski definition) is 1. The minimum Gasteiger partial charge on any atom is -0.486 e. The summed E-state index contributed by atoms with van der Waals surface area (Å²) >= 11 is 7.70. The van der Waals surface area contributed by atoms with Crippen LogP contribution in [-0.4, -0.2) is 19.9 Å². The summed E-state index contributed by atoms with van der Waals surface area (Å²) in [6.45, 7) is 1.80. The van der Waals surface area contributed by atoms with Gasteiger partial charge in [0, 0.05) is 40.5 Å². The van der Waals surface area contributed by atoms with Gasteiger partial charge in [-0.05, 0) is 36.8 Å². The average Bonchev–Trinajstić information content (AvgIpc) is 3.29. The van der Waals surface area contributed by atoms with Crippen LogP contribution in [0.15, 0.2) is 59.1 Å². The Labute approximate surface area is 213 Å². The Balaban J connectivity index is 1.49. The van der Waals surface area contributed by atoms with Crippen LogP contribution in [0.25, 0.3) is 22.2 Å². The fourth-order valence-electron chi connectivity index (χ4n) is 3.95. The van der Waals surface area contributed by atoms with E-state index in [2.05, 4.69) is 19.9 Å². The number of hydrogen-bond acceptors (Lipinski definition) is 7. The molecule has 0 bridgehead atoms. The SMILES string of the molecule is Cc1cc(-c2ncsc2Cl)c2cccc(OCc3c(F)cncc3Cc3ccc(C#N)c(=O)[nH]3)c2n1. The average molecular weight is 518 g/mol. The first-order chi connectivity index (χ1) is 17.4. The lowest BCUT2D eigenvalue weighted by molar-refractivity contribution is 0.301. The number of rotatable bonds is 6. The molecule has 4 aromatic heterocycles. The van der Waals surface area contributed by atoms with Gasteiger partial charge in [-0.25, -0.2) is 14.4 Å². The first kappa shape index (κ1) is 23.6. The maximum absolute atomic E-state index is 14.8. The Hall–Kier alpha value is -4.13. The van der Waals surface area contributed by atoms with E-state index in [9.17, 15) is 9.18 Å². The molecule has 1 aromatic carbocycles. The van der Waals surface area contributed by atoms with Crippen molar-refractivity contribution >= 4 is 33.8 Å². The highest BCUT2D eigenvalue weighted by molar-refractivity contribution is 7.14. The van der Waals surface area contributed by atoms with Crippen LogP contribution in [0, 0.1) is 24.1 Å². The molecule has 4 heterocycles. The Morgan fingerprint density at radius 2 is 2.11 bits per heavy atom. The van der Waals surface area contributed by atoms with Gasteiger partial charge in [-0.2, -0.15) is 5.26 Å². The monoisotopic (exact) mass is 517 g/mol. The number of nitriles is 1. The van der Waals surface area contributed by atoms with Gasteiger partial charge in [0.25, 0.3) is 5.56 Å². The van der Waals surface area contributed by atoms with Gasteiger partial charge in [0.15, 0.2) is 0 Å². The smallest absolute Gasteiger partial charge is 0.266 e. The second kappa shape index (κ2) is 9.85. The second-order valence-corrected chi connectivity index (χ2v) is 9.46. The zero-order valence-electron chi connectivity index (χ0n) is 18.9. The van der Waals surface area contributed by atoms with Crippen molar-refractivity contribution in [1.82, 2.24) is 19.9 Å². The summed E-state index contributed by atoms with van der Waals surface area (Å²) in [5.74, 6) is -0.0412. The van der Waals surface area contributed by atoms with Gasteiger partial charge < -0.3 is 9.72 Å². The highest BCUT2D eigenvalue weighted by Gasteiger charge is 2.17. The third-order valence-electron chi connectivity index (χ3n) is 5.65. The zero-order valence-corrected chi connectivity index (χ0v) is 20.5.